The molecule has 0 radical (unpaired) electrons. The average Bonchev–Trinajstić information content (AvgIpc) is 2.81. The van der Waals surface area contributed by atoms with Crippen molar-refractivity contribution in [1.29, 1.82) is 0 Å². The highest BCUT2D eigenvalue weighted by Gasteiger charge is 2.32. The van der Waals surface area contributed by atoms with Gasteiger partial charge in [-0.05, 0) is 46.6 Å². The maximum atomic E-state index is 13.2. The van der Waals surface area contributed by atoms with Crippen molar-refractivity contribution in [2.24, 2.45) is 5.10 Å². The summed E-state index contributed by atoms with van der Waals surface area (Å²) >= 11 is 3.52. The van der Waals surface area contributed by atoms with Crippen LogP contribution in [0.25, 0.3) is 0 Å². The van der Waals surface area contributed by atoms with Crippen molar-refractivity contribution >= 4 is 45.7 Å². The van der Waals surface area contributed by atoms with E-state index in [1.165, 1.54) is 18.2 Å². The number of nitrogens with zero attached hydrogens (tertiary/aromatic N) is 5. The Hall–Kier alpha value is -3.25. The zero-order chi connectivity index (χ0) is 24.1. The summed E-state index contributed by atoms with van der Waals surface area (Å²) < 4.78 is 45.9. The molecule has 2 N–H and O–H groups in total. The Morgan fingerprint density at radius 3 is 2.53 bits per heavy atom. The molecule has 1 saturated heterocycles. The van der Waals surface area contributed by atoms with Gasteiger partial charge in [0.25, 0.3) is 0 Å². The van der Waals surface area contributed by atoms with Crippen LogP contribution in [-0.4, -0.2) is 47.5 Å². The van der Waals surface area contributed by atoms with Crippen molar-refractivity contribution in [3.05, 3.63) is 63.6 Å². The normalized spacial score (nSPS) is 14.4. The van der Waals surface area contributed by atoms with Crippen molar-refractivity contribution in [2.75, 3.05) is 41.9 Å². The van der Waals surface area contributed by atoms with Crippen LogP contribution in [0.2, 0.25) is 0 Å². The number of rotatable bonds is 6. The van der Waals surface area contributed by atoms with Gasteiger partial charge in [-0.15, -0.1) is 0 Å². The summed E-state index contributed by atoms with van der Waals surface area (Å²) in [4.78, 5) is 15.2. The highest BCUT2D eigenvalue weighted by Crippen LogP contribution is 2.31. The van der Waals surface area contributed by atoms with E-state index in [4.69, 9.17) is 4.74 Å². The van der Waals surface area contributed by atoms with E-state index < -0.39 is 11.7 Å². The molecule has 0 amide bonds. The summed E-state index contributed by atoms with van der Waals surface area (Å²) in [6.07, 6.45) is -3.40. The lowest BCUT2D eigenvalue weighted by atomic mass is 10.1. The number of aryl methyl sites for hydroxylation is 1. The number of morpholine rings is 1. The Labute approximate surface area is 202 Å². The summed E-state index contributed by atoms with van der Waals surface area (Å²) in [7, 11) is 0. The Bertz CT molecular complexity index is 1180. The lowest BCUT2D eigenvalue weighted by Crippen LogP contribution is -2.37. The van der Waals surface area contributed by atoms with Crippen molar-refractivity contribution in [1.82, 2.24) is 15.0 Å². The molecular formula is C22H21BrF3N7O. The first-order valence-corrected chi connectivity index (χ1v) is 11.2. The summed E-state index contributed by atoms with van der Waals surface area (Å²) in [5, 5.41) is 7.09. The molecule has 4 rings (SSSR count). The molecule has 178 valence electrons. The number of hydrogen-bond acceptors (Lipinski definition) is 8. The van der Waals surface area contributed by atoms with Crippen LogP contribution in [0.1, 0.15) is 16.7 Å². The molecule has 1 aliphatic heterocycles. The van der Waals surface area contributed by atoms with Crippen LogP contribution in [-0.2, 0) is 10.9 Å². The van der Waals surface area contributed by atoms with Gasteiger partial charge in [-0.25, -0.2) is 5.43 Å². The van der Waals surface area contributed by atoms with Crippen LogP contribution < -0.4 is 15.6 Å². The minimum Gasteiger partial charge on any atom is -0.378 e. The first-order chi connectivity index (χ1) is 16.3. The van der Waals surface area contributed by atoms with Gasteiger partial charge in [0.2, 0.25) is 17.8 Å². The predicted molar refractivity (Wildman–Crippen MR) is 128 cm³/mol. The molecule has 34 heavy (non-hydrogen) atoms. The minimum atomic E-state index is -4.49. The Morgan fingerprint density at radius 1 is 1.06 bits per heavy atom. The Morgan fingerprint density at radius 2 is 1.79 bits per heavy atom. The molecule has 0 aliphatic carbocycles. The SMILES string of the molecule is Cc1ccc(Nc2nc(NN=Cc3ccccc3C(F)(F)F)nc(N3CCOCC3)n2)c(Br)c1. The molecular weight excluding hydrogens is 515 g/mol. The van der Waals surface area contributed by atoms with Gasteiger partial charge in [-0.1, -0.05) is 24.3 Å². The quantitative estimate of drug-likeness (QED) is 0.339. The molecule has 1 fully saturated rings. The number of alkyl halides is 3. The van der Waals surface area contributed by atoms with E-state index in [1.807, 2.05) is 30.0 Å². The second-order valence-electron chi connectivity index (χ2n) is 7.45. The fourth-order valence-electron chi connectivity index (χ4n) is 3.24. The molecule has 3 aromatic rings. The van der Waals surface area contributed by atoms with Crippen LogP contribution in [0.15, 0.2) is 52.0 Å². The smallest absolute Gasteiger partial charge is 0.378 e. The molecule has 1 aliphatic rings. The van der Waals surface area contributed by atoms with Gasteiger partial charge in [-0.2, -0.15) is 33.2 Å². The molecule has 0 atom stereocenters. The number of hydrogen-bond donors (Lipinski definition) is 2. The van der Waals surface area contributed by atoms with E-state index in [1.54, 1.807) is 0 Å². The average molecular weight is 536 g/mol. The highest BCUT2D eigenvalue weighted by molar-refractivity contribution is 9.10. The van der Waals surface area contributed by atoms with Gasteiger partial charge in [0.1, 0.15) is 0 Å². The maximum absolute atomic E-state index is 13.2. The number of aromatic nitrogens is 3. The standard InChI is InChI=1S/C22H21BrF3N7O/c1-14-6-7-18(17(23)12-14)28-19-29-20(31-21(30-19)33-8-10-34-11-9-33)32-27-13-15-4-2-3-5-16(15)22(24,25)26/h2-7,12-13H,8-11H2,1H3,(H2,28,29,30,31,32). The molecule has 1 aromatic heterocycles. The lowest BCUT2D eigenvalue weighted by Gasteiger charge is -2.27. The largest absolute Gasteiger partial charge is 0.417 e. The highest BCUT2D eigenvalue weighted by atomic mass is 79.9. The molecule has 8 nitrogen and oxygen atoms in total. The summed E-state index contributed by atoms with van der Waals surface area (Å²) in [5.74, 6) is 0.745. The zero-order valence-corrected chi connectivity index (χ0v) is 19.7. The van der Waals surface area contributed by atoms with Gasteiger partial charge in [0, 0.05) is 23.1 Å². The molecule has 0 spiro atoms. The van der Waals surface area contributed by atoms with Crippen molar-refractivity contribution < 1.29 is 17.9 Å². The van der Waals surface area contributed by atoms with Gasteiger partial charge >= 0.3 is 6.18 Å². The third-order valence-corrected chi connectivity index (χ3v) is 5.58. The first kappa shape index (κ1) is 23.9. The third-order valence-electron chi connectivity index (χ3n) is 4.92. The van der Waals surface area contributed by atoms with E-state index >= 15 is 0 Å². The number of halogens is 4. The van der Waals surface area contributed by atoms with Crippen molar-refractivity contribution in [2.45, 2.75) is 13.1 Å². The second kappa shape index (κ2) is 10.3. The zero-order valence-electron chi connectivity index (χ0n) is 18.1. The lowest BCUT2D eigenvalue weighted by molar-refractivity contribution is -0.137. The third kappa shape index (κ3) is 6.00. The maximum Gasteiger partial charge on any atom is 0.417 e. The fourth-order valence-corrected chi connectivity index (χ4v) is 3.84. The fraction of sp³-hybridized carbons (Fsp3) is 0.273. The van der Waals surface area contributed by atoms with Crippen molar-refractivity contribution in [3.8, 4) is 0 Å². The summed E-state index contributed by atoms with van der Waals surface area (Å²) in [5.41, 5.74) is 3.60. The topological polar surface area (TPSA) is 87.6 Å². The number of nitrogens with one attached hydrogen (secondary N) is 2. The van der Waals surface area contributed by atoms with Gasteiger partial charge in [0.05, 0.1) is 30.7 Å². The Kier molecular flexibility index (Phi) is 7.27. The van der Waals surface area contributed by atoms with E-state index in [0.717, 1.165) is 28.0 Å². The van der Waals surface area contributed by atoms with Gasteiger partial charge < -0.3 is 15.0 Å². The molecule has 2 heterocycles. The van der Waals surface area contributed by atoms with Crippen molar-refractivity contribution in [3.63, 3.8) is 0 Å². The number of ether oxygens (including phenoxy) is 1. The van der Waals surface area contributed by atoms with E-state index in [-0.39, 0.29) is 17.5 Å². The van der Waals surface area contributed by atoms with Gasteiger partial charge in [0.15, 0.2) is 0 Å². The summed E-state index contributed by atoms with van der Waals surface area (Å²) in [6, 6.07) is 11.0. The second-order valence-corrected chi connectivity index (χ2v) is 8.30. The van der Waals surface area contributed by atoms with Crippen LogP contribution in [0, 0.1) is 6.92 Å². The minimum absolute atomic E-state index is 0.0770. The Balaban J connectivity index is 1.61. The van der Waals surface area contributed by atoms with E-state index in [0.29, 0.717) is 32.3 Å². The molecule has 0 saturated carbocycles. The first-order valence-electron chi connectivity index (χ1n) is 10.4. The van der Waals surface area contributed by atoms with Crippen LogP contribution in [0.5, 0.6) is 0 Å². The van der Waals surface area contributed by atoms with Crippen LogP contribution in [0.4, 0.5) is 36.7 Å². The van der Waals surface area contributed by atoms with Crippen LogP contribution in [0.3, 0.4) is 0 Å². The van der Waals surface area contributed by atoms with E-state index in [2.05, 4.69) is 46.7 Å². The number of benzene rings is 2. The van der Waals surface area contributed by atoms with Crippen LogP contribution >= 0.6 is 15.9 Å². The molecule has 12 heteroatoms. The molecule has 0 bridgehead atoms. The predicted octanol–water partition coefficient (Wildman–Crippen LogP) is 4.99. The monoisotopic (exact) mass is 535 g/mol. The summed E-state index contributed by atoms with van der Waals surface area (Å²) in [6.45, 7) is 4.24. The van der Waals surface area contributed by atoms with Gasteiger partial charge in [-0.3, -0.25) is 0 Å². The number of hydrazone groups is 1. The molecule has 2 aromatic carbocycles. The number of anilines is 4. The molecule has 0 unspecified atom stereocenters. The van der Waals surface area contributed by atoms with E-state index in [9.17, 15) is 13.2 Å².